The van der Waals surface area contributed by atoms with E-state index in [0.717, 1.165) is 36.8 Å². The standard InChI is InChI=1S/C13H24N4S/c1-5-7-14-12-11(6-2)13(16-9-15-12)17-10(3)8-18-4/h9-10H,5-8H2,1-4H3,(H2,14,15,16,17). The van der Waals surface area contributed by atoms with Crippen molar-refractivity contribution in [3.63, 3.8) is 0 Å². The fraction of sp³-hybridized carbons (Fsp3) is 0.692. The van der Waals surface area contributed by atoms with Crippen molar-refractivity contribution in [2.24, 2.45) is 0 Å². The lowest BCUT2D eigenvalue weighted by Gasteiger charge is -2.17. The Balaban J connectivity index is 2.83. The summed E-state index contributed by atoms with van der Waals surface area (Å²) < 4.78 is 0. The van der Waals surface area contributed by atoms with Gasteiger partial charge in [0.2, 0.25) is 0 Å². The zero-order chi connectivity index (χ0) is 13.4. The van der Waals surface area contributed by atoms with Gasteiger partial charge in [-0.25, -0.2) is 9.97 Å². The van der Waals surface area contributed by atoms with Crippen LogP contribution in [0.25, 0.3) is 0 Å². The van der Waals surface area contributed by atoms with Crippen LogP contribution in [0, 0.1) is 0 Å². The Morgan fingerprint density at radius 3 is 2.61 bits per heavy atom. The van der Waals surface area contributed by atoms with E-state index in [1.54, 1.807) is 6.33 Å². The van der Waals surface area contributed by atoms with Crippen LogP contribution >= 0.6 is 11.8 Å². The first-order valence-electron chi connectivity index (χ1n) is 6.56. The van der Waals surface area contributed by atoms with Crippen LogP contribution in [-0.4, -0.2) is 34.6 Å². The van der Waals surface area contributed by atoms with Crippen LogP contribution < -0.4 is 10.6 Å². The molecule has 5 heteroatoms. The van der Waals surface area contributed by atoms with E-state index < -0.39 is 0 Å². The van der Waals surface area contributed by atoms with Gasteiger partial charge < -0.3 is 10.6 Å². The molecule has 1 aromatic rings. The lowest BCUT2D eigenvalue weighted by atomic mass is 10.2. The van der Waals surface area contributed by atoms with Gasteiger partial charge in [-0.3, -0.25) is 0 Å². The summed E-state index contributed by atoms with van der Waals surface area (Å²) in [6.45, 7) is 7.42. The molecule has 0 aliphatic carbocycles. The highest BCUT2D eigenvalue weighted by molar-refractivity contribution is 7.98. The molecule has 1 heterocycles. The van der Waals surface area contributed by atoms with Crippen LogP contribution in [0.2, 0.25) is 0 Å². The average molecular weight is 268 g/mol. The lowest BCUT2D eigenvalue weighted by molar-refractivity contribution is 0.884. The summed E-state index contributed by atoms with van der Waals surface area (Å²) in [6, 6.07) is 0.416. The van der Waals surface area contributed by atoms with Gasteiger partial charge in [0.15, 0.2) is 0 Å². The predicted octanol–water partition coefficient (Wildman–Crippen LogP) is 3.02. The smallest absolute Gasteiger partial charge is 0.134 e. The van der Waals surface area contributed by atoms with Crippen molar-refractivity contribution in [2.75, 3.05) is 29.2 Å². The minimum atomic E-state index is 0.416. The minimum Gasteiger partial charge on any atom is -0.370 e. The van der Waals surface area contributed by atoms with Gasteiger partial charge in [0, 0.05) is 23.9 Å². The Labute approximate surface area is 114 Å². The van der Waals surface area contributed by atoms with Gasteiger partial charge in [-0.15, -0.1) is 0 Å². The van der Waals surface area contributed by atoms with Gasteiger partial charge in [-0.2, -0.15) is 11.8 Å². The van der Waals surface area contributed by atoms with E-state index in [-0.39, 0.29) is 0 Å². The normalized spacial score (nSPS) is 12.2. The summed E-state index contributed by atoms with van der Waals surface area (Å²) in [5.74, 6) is 3.01. The maximum absolute atomic E-state index is 4.37. The Hall–Kier alpha value is -0.970. The number of nitrogens with zero attached hydrogens (tertiary/aromatic N) is 2. The molecule has 0 saturated heterocycles. The van der Waals surface area contributed by atoms with Crippen molar-refractivity contribution in [1.82, 2.24) is 9.97 Å². The molecule has 2 N–H and O–H groups in total. The highest BCUT2D eigenvalue weighted by Gasteiger charge is 2.11. The summed E-state index contributed by atoms with van der Waals surface area (Å²) in [6.07, 6.45) is 5.78. The Kier molecular flexibility index (Phi) is 6.86. The molecule has 0 aliphatic rings. The van der Waals surface area contributed by atoms with E-state index in [2.05, 4.69) is 47.6 Å². The molecule has 0 aliphatic heterocycles. The second-order valence-electron chi connectivity index (χ2n) is 4.33. The minimum absolute atomic E-state index is 0.416. The fourth-order valence-electron chi connectivity index (χ4n) is 1.79. The molecule has 0 bridgehead atoms. The molecule has 0 fully saturated rings. The van der Waals surface area contributed by atoms with Crippen LogP contribution in [0.5, 0.6) is 0 Å². The molecule has 18 heavy (non-hydrogen) atoms. The maximum atomic E-state index is 4.37. The maximum Gasteiger partial charge on any atom is 0.134 e. The topological polar surface area (TPSA) is 49.8 Å². The third kappa shape index (κ3) is 4.37. The van der Waals surface area contributed by atoms with E-state index in [4.69, 9.17) is 0 Å². The third-order valence-corrected chi connectivity index (χ3v) is 3.47. The summed E-state index contributed by atoms with van der Waals surface area (Å²) >= 11 is 1.84. The molecule has 0 radical (unpaired) electrons. The lowest BCUT2D eigenvalue weighted by Crippen LogP contribution is -2.20. The van der Waals surface area contributed by atoms with Gasteiger partial charge in [-0.05, 0) is 26.0 Å². The molecular formula is C13H24N4S. The summed E-state index contributed by atoms with van der Waals surface area (Å²) in [5, 5.41) is 6.83. The van der Waals surface area contributed by atoms with Gasteiger partial charge in [0.25, 0.3) is 0 Å². The van der Waals surface area contributed by atoms with E-state index in [1.165, 1.54) is 5.56 Å². The van der Waals surface area contributed by atoms with Crippen molar-refractivity contribution >= 4 is 23.4 Å². The first-order valence-corrected chi connectivity index (χ1v) is 7.95. The highest BCUT2D eigenvalue weighted by Crippen LogP contribution is 2.21. The van der Waals surface area contributed by atoms with Crippen molar-refractivity contribution in [3.05, 3.63) is 11.9 Å². The summed E-state index contributed by atoms with van der Waals surface area (Å²) in [7, 11) is 0. The first kappa shape index (κ1) is 15.1. The van der Waals surface area contributed by atoms with E-state index in [0.29, 0.717) is 6.04 Å². The monoisotopic (exact) mass is 268 g/mol. The molecule has 0 amide bonds. The van der Waals surface area contributed by atoms with Gasteiger partial charge in [-0.1, -0.05) is 13.8 Å². The second-order valence-corrected chi connectivity index (χ2v) is 5.24. The first-order chi connectivity index (χ1) is 8.72. The van der Waals surface area contributed by atoms with Gasteiger partial charge in [0.1, 0.15) is 18.0 Å². The molecule has 4 nitrogen and oxygen atoms in total. The number of rotatable bonds is 8. The Morgan fingerprint density at radius 1 is 1.28 bits per heavy atom. The number of hydrogen-bond acceptors (Lipinski definition) is 5. The number of anilines is 2. The van der Waals surface area contributed by atoms with Gasteiger partial charge >= 0.3 is 0 Å². The molecule has 102 valence electrons. The van der Waals surface area contributed by atoms with E-state index >= 15 is 0 Å². The number of aromatic nitrogens is 2. The van der Waals surface area contributed by atoms with E-state index in [9.17, 15) is 0 Å². The Morgan fingerprint density at radius 2 is 2.00 bits per heavy atom. The molecule has 1 unspecified atom stereocenters. The van der Waals surface area contributed by atoms with Crippen LogP contribution in [0.15, 0.2) is 6.33 Å². The van der Waals surface area contributed by atoms with Gasteiger partial charge in [0.05, 0.1) is 0 Å². The third-order valence-electron chi connectivity index (χ3n) is 2.64. The average Bonchev–Trinajstić information content (AvgIpc) is 2.36. The molecule has 1 aromatic heterocycles. The molecule has 1 atom stereocenters. The molecule has 1 rings (SSSR count). The van der Waals surface area contributed by atoms with E-state index in [1.807, 2.05) is 11.8 Å². The fourth-order valence-corrected chi connectivity index (χ4v) is 2.38. The molecule has 0 aromatic carbocycles. The van der Waals surface area contributed by atoms with Crippen molar-refractivity contribution in [1.29, 1.82) is 0 Å². The van der Waals surface area contributed by atoms with Crippen LogP contribution in [0.3, 0.4) is 0 Å². The van der Waals surface area contributed by atoms with Crippen LogP contribution in [0.4, 0.5) is 11.6 Å². The number of hydrogen-bond donors (Lipinski definition) is 2. The largest absolute Gasteiger partial charge is 0.370 e. The molecular weight excluding hydrogens is 244 g/mol. The SMILES string of the molecule is CCCNc1ncnc(NC(C)CSC)c1CC. The van der Waals surface area contributed by atoms with Crippen molar-refractivity contribution in [3.8, 4) is 0 Å². The van der Waals surface area contributed by atoms with Crippen LogP contribution in [0.1, 0.15) is 32.8 Å². The second kappa shape index (κ2) is 8.19. The summed E-state index contributed by atoms with van der Waals surface area (Å²) in [4.78, 5) is 8.70. The summed E-state index contributed by atoms with van der Waals surface area (Å²) in [5.41, 5.74) is 1.18. The predicted molar refractivity (Wildman–Crippen MR) is 81.7 cm³/mol. The quantitative estimate of drug-likeness (QED) is 0.759. The van der Waals surface area contributed by atoms with Crippen molar-refractivity contribution < 1.29 is 0 Å². The number of nitrogens with one attached hydrogen (secondary N) is 2. The number of thioether (sulfide) groups is 1. The Bertz CT molecular complexity index is 357. The van der Waals surface area contributed by atoms with Crippen LogP contribution in [-0.2, 0) is 6.42 Å². The molecule has 0 saturated carbocycles. The highest BCUT2D eigenvalue weighted by atomic mass is 32.2. The zero-order valence-electron chi connectivity index (χ0n) is 11.8. The zero-order valence-corrected chi connectivity index (χ0v) is 12.6. The molecule has 0 spiro atoms. The van der Waals surface area contributed by atoms with Crippen molar-refractivity contribution in [2.45, 2.75) is 39.7 Å².